The van der Waals surface area contributed by atoms with Crippen molar-refractivity contribution in [3.63, 3.8) is 0 Å². The molecular weight excluding hydrogens is 805 g/mol. The highest BCUT2D eigenvalue weighted by atomic mass is 16.5. The fourth-order valence-electron chi connectivity index (χ4n) is 11.7. The number of hydrogen-bond acceptors (Lipinski definition) is 4. The van der Waals surface area contributed by atoms with Gasteiger partial charge in [0.2, 0.25) is 0 Å². The average molecular weight is 843 g/mol. The van der Waals surface area contributed by atoms with Crippen molar-refractivity contribution in [2.75, 3.05) is 9.80 Å². The van der Waals surface area contributed by atoms with Crippen molar-refractivity contribution < 1.29 is 9.47 Å². The van der Waals surface area contributed by atoms with Gasteiger partial charge in [-0.2, -0.15) is 0 Å². The van der Waals surface area contributed by atoms with Crippen LogP contribution in [-0.2, 0) is 5.41 Å². The summed E-state index contributed by atoms with van der Waals surface area (Å²) in [5.41, 5.74) is 17.0. The summed E-state index contributed by atoms with van der Waals surface area (Å²) in [6.45, 7) is 2.41. The van der Waals surface area contributed by atoms with Gasteiger partial charge < -0.3 is 19.3 Å². The molecule has 4 nitrogen and oxygen atoms in total. The van der Waals surface area contributed by atoms with E-state index in [2.05, 4.69) is 217 Å². The van der Waals surface area contributed by atoms with E-state index in [-0.39, 0.29) is 0 Å². The van der Waals surface area contributed by atoms with E-state index in [0.29, 0.717) is 0 Å². The largest absolute Gasteiger partial charge is 0.453 e. The highest BCUT2D eigenvalue weighted by Gasteiger charge is 2.42. The molecule has 0 fully saturated rings. The molecule has 0 amide bonds. The van der Waals surface area contributed by atoms with Crippen molar-refractivity contribution in [3.8, 4) is 56.4 Å². The van der Waals surface area contributed by atoms with Gasteiger partial charge >= 0.3 is 0 Å². The second kappa shape index (κ2) is 13.0. The Kier molecular flexibility index (Phi) is 7.05. The Bertz CT molecular complexity index is 3900. The molecule has 0 N–H and O–H groups in total. The van der Waals surface area contributed by atoms with Crippen molar-refractivity contribution in [2.24, 2.45) is 0 Å². The Labute approximate surface area is 381 Å². The standard InChI is InChI=1S/C62H38N2O2/c1-62-41-25-31-59-55(34-41)64(54-18-8-11-21-58(54)66-59)43-27-30-46-49(36-43)61(40-24-28-45(51(62)33-40)44-14-4-5-15-50(44)62)47-29-26-42(35-48(47)60(46)39-23-22-37-12-2-3-13-38(37)32-39)63-52-16-6-9-19-56(52)65-57-20-10-7-17-53(57)63/h2-36H,1H3. The van der Waals surface area contributed by atoms with E-state index in [0.717, 1.165) is 57.1 Å². The molecule has 0 saturated heterocycles. The van der Waals surface area contributed by atoms with Crippen LogP contribution in [0.4, 0.5) is 34.1 Å². The molecule has 1 aliphatic carbocycles. The molecule has 6 bridgehead atoms. The lowest BCUT2D eigenvalue weighted by molar-refractivity contribution is 0.476. The summed E-state index contributed by atoms with van der Waals surface area (Å²) in [6.07, 6.45) is 0. The van der Waals surface area contributed by atoms with Gasteiger partial charge in [0.1, 0.15) is 0 Å². The van der Waals surface area contributed by atoms with E-state index < -0.39 is 5.41 Å². The maximum Gasteiger partial charge on any atom is 0.151 e. The minimum atomic E-state index is -0.434. The lowest BCUT2D eigenvalue weighted by Crippen LogP contribution is -2.24. The van der Waals surface area contributed by atoms with Gasteiger partial charge in [0.15, 0.2) is 23.0 Å². The van der Waals surface area contributed by atoms with Gasteiger partial charge in [-0.25, -0.2) is 0 Å². The zero-order chi connectivity index (χ0) is 43.3. The minimum absolute atomic E-state index is 0.434. The summed E-state index contributed by atoms with van der Waals surface area (Å²) in [4.78, 5) is 4.77. The van der Waals surface area contributed by atoms with Crippen molar-refractivity contribution in [2.45, 2.75) is 12.3 Å². The van der Waals surface area contributed by atoms with Gasteiger partial charge in [-0.1, -0.05) is 127 Å². The molecule has 3 aliphatic heterocycles. The van der Waals surface area contributed by atoms with E-state index in [4.69, 9.17) is 9.47 Å². The number of nitrogens with zero attached hydrogens (tertiary/aromatic N) is 2. The van der Waals surface area contributed by atoms with E-state index >= 15 is 0 Å². The van der Waals surface area contributed by atoms with Crippen LogP contribution in [0, 0.1) is 0 Å². The SMILES string of the molecule is CC12c3ccc4c(c3)N(c3ccc5c(-c6ccc7ccccc7c6)c6cc(N7c8ccccc8Oc8ccccc87)ccc6c(c5c3)-c3ccc(c1c3)-c1ccccc12)c1ccccc1O4. The number of rotatable bonds is 2. The molecule has 4 aliphatic rings. The summed E-state index contributed by atoms with van der Waals surface area (Å²) in [5.74, 6) is 3.34. The molecular formula is C62H38N2O2. The van der Waals surface area contributed by atoms with Gasteiger partial charge in [0.25, 0.3) is 0 Å². The number of ether oxygens (including phenoxy) is 2. The number of anilines is 6. The first-order valence-corrected chi connectivity index (χ1v) is 22.7. The lowest BCUT2D eigenvalue weighted by atomic mass is 9.73. The van der Waals surface area contributed by atoms with E-state index in [1.165, 1.54) is 82.4 Å². The van der Waals surface area contributed by atoms with E-state index in [1.807, 2.05) is 12.1 Å². The molecule has 11 aromatic carbocycles. The molecule has 3 heterocycles. The van der Waals surface area contributed by atoms with Crippen LogP contribution in [0.3, 0.4) is 0 Å². The van der Waals surface area contributed by atoms with Crippen molar-refractivity contribution >= 4 is 66.4 Å². The average Bonchev–Trinajstić information content (AvgIpc) is 3.63. The van der Waals surface area contributed by atoms with Crippen molar-refractivity contribution in [1.82, 2.24) is 0 Å². The molecule has 15 rings (SSSR count). The maximum absolute atomic E-state index is 6.74. The zero-order valence-corrected chi connectivity index (χ0v) is 35.9. The van der Waals surface area contributed by atoms with Gasteiger partial charge in [-0.05, 0) is 174 Å². The predicted molar refractivity (Wildman–Crippen MR) is 270 cm³/mol. The third-order valence-electron chi connectivity index (χ3n) is 14.8. The number of para-hydroxylation sites is 6. The minimum Gasteiger partial charge on any atom is -0.453 e. The van der Waals surface area contributed by atoms with E-state index in [1.54, 1.807) is 0 Å². The van der Waals surface area contributed by atoms with Crippen LogP contribution < -0.4 is 19.3 Å². The second-order valence-corrected chi connectivity index (χ2v) is 18.2. The predicted octanol–water partition coefficient (Wildman–Crippen LogP) is 17.3. The fraction of sp³-hybridized carbons (Fsp3) is 0.0323. The Morgan fingerprint density at radius 1 is 0.348 bits per heavy atom. The monoisotopic (exact) mass is 842 g/mol. The van der Waals surface area contributed by atoms with E-state index in [9.17, 15) is 0 Å². The molecule has 4 heteroatoms. The first-order valence-electron chi connectivity index (χ1n) is 22.7. The van der Waals surface area contributed by atoms with Crippen LogP contribution >= 0.6 is 0 Å². The second-order valence-electron chi connectivity index (χ2n) is 18.2. The van der Waals surface area contributed by atoms with Crippen LogP contribution in [0.2, 0.25) is 0 Å². The first kappa shape index (κ1) is 35.8. The third kappa shape index (κ3) is 4.77. The van der Waals surface area contributed by atoms with Crippen molar-refractivity contribution in [3.05, 3.63) is 229 Å². The Morgan fingerprint density at radius 2 is 0.864 bits per heavy atom. The van der Waals surface area contributed by atoms with Crippen LogP contribution in [0.15, 0.2) is 212 Å². The van der Waals surface area contributed by atoms with Gasteiger partial charge in [0.05, 0.1) is 22.7 Å². The molecule has 308 valence electrons. The number of benzene rings is 11. The Hall–Kier alpha value is -8.60. The molecule has 1 unspecified atom stereocenters. The molecule has 66 heavy (non-hydrogen) atoms. The normalized spacial score (nSPS) is 15.6. The van der Waals surface area contributed by atoms with Crippen molar-refractivity contribution in [1.29, 1.82) is 0 Å². The summed E-state index contributed by atoms with van der Waals surface area (Å²) in [7, 11) is 0. The smallest absolute Gasteiger partial charge is 0.151 e. The highest BCUT2D eigenvalue weighted by molar-refractivity contribution is 6.23. The molecule has 1 atom stereocenters. The maximum atomic E-state index is 6.74. The Morgan fingerprint density at radius 3 is 1.53 bits per heavy atom. The van der Waals surface area contributed by atoms with Gasteiger partial charge in [-0.15, -0.1) is 0 Å². The zero-order valence-electron chi connectivity index (χ0n) is 35.9. The lowest BCUT2D eigenvalue weighted by Gasteiger charge is -2.36. The summed E-state index contributed by atoms with van der Waals surface area (Å²) in [5, 5.41) is 7.19. The number of hydrogen-bond donors (Lipinski definition) is 0. The molecule has 0 saturated carbocycles. The Balaban J connectivity index is 1.10. The molecule has 0 radical (unpaired) electrons. The van der Waals surface area contributed by atoms with Gasteiger partial charge in [-0.3, -0.25) is 0 Å². The third-order valence-corrected chi connectivity index (χ3v) is 14.8. The highest BCUT2D eigenvalue weighted by Crippen LogP contribution is 2.59. The van der Waals surface area contributed by atoms with Gasteiger partial charge in [0, 0.05) is 16.8 Å². The van der Waals surface area contributed by atoms with Crippen LogP contribution in [0.1, 0.15) is 23.6 Å². The van der Waals surface area contributed by atoms with Crippen LogP contribution in [0.5, 0.6) is 23.0 Å². The quantitative estimate of drug-likeness (QED) is 0.162. The summed E-state index contributed by atoms with van der Waals surface area (Å²) in [6, 6.07) is 78.0. The fourth-order valence-corrected chi connectivity index (χ4v) is 11.7. The van der Waals surface area contributed by atoms with Crippen LogP contribution in [-0.4, -0.2) is 0 Å². The molecule has 0 aromatic heterocycles. The summed E-state index contributed by atoms with van der Waals surface area (Å²) < 4.78 is 13.2. The molecule has 0 spiro atoms. The van der Waals surface area contributed by atoms with Crippen LogP contribution in [0.25, 0.3) is 65.7 Å². The summed E-state index contributed by atoms with van der Waals surface area (Å²) >= 11 is 0. The molecule has 11 aromatic rings. The number of fused-ring (bicyclic) bond motifs is 16. The topological polar surface area (TPSA) is 24.9 Å². The first-order chi connectivity index (χ1) is 32.6.